The van der Waals surface area contributed by atoms with Gasteiger partial charge in [-0.1, -0.05) is 0 Å². The molecule has 0 unspecified atom stereocenters. The van der Waals surface area contributed by atoms with Crippen LogP contribution >= 0.6 is 0 Å². The first kappa shape index (κ1) is 9.73. The zero-order valence-corrected chi connectivity index (χ0v) is 7.54. The van der Waals surface area contributed by atoms with Gasteiger partial charge in [-0.25, -0.2) is 5.10 Å². The monoisotopic (exact) mass is 183 g/mol. The fourth-order valence-corrected chi connectivity index (χ4v) is 0.885. The number of rotatable bonds is 5. The van der Waals surface area contributed by atoms with Crippen molar-refractivity contribution in [2.24, 2.45) is 0 Å². The van der Waals surface area contributed by atoms with Crippen molar-refractivity contribution in [2.75, 3.05) is 25.1 Å². The van der Waals surface area contributed by atoms with E-state index in [9.17, 15) is 4.79 Å². The molecule has 5 nitrogen and oxygen atoms in total. The van der Waals surface area contributed by atoms with E-state index in [0.717, 1.165) is 0 Å². The lowest BCUT2D eigenvalue weighted by molar-refractivity contribution is 0.158. The minimum atomic E-state index is -0.207. The van der Waals surface area contributed by atoms with Gasteiger partial charge in [0.1, 0.15) is 0 Å². The maximum absolute atomic E-state index is 10.8. The average molecular weight is 183 g/mol. The van der Waals surface area contributed by atoms with Crippen LogP contribution in [0.2, 0.25) is 0 Å². The second-order valence-electron chi connectivity index (χ2n) is 2.46. The molecule has 5 heteroatoms. The van der Waals surface area contributed by atoms with Gasteiger partial charge >= 0.3 is 0 Å². The van der Waals surface area contributed by atoms with Gasteiger partial charge in [-0.2, -0.15) is 5.10 Å². The summed E-state index contributed by atoms with van der Waals surface area (Å²) in [5.41, 5.74) is 0.505. The summed E-state index contributed by atoms with van der Waals surface area (Å²) in [7, 11) is 0. The summed E-state index contributed by atoms with van der Waals surface area (Å²) in [4.78, 5) is 10.8. The molecule has 72 valence electrons. The normalized spacial score (nSPS) is 9.92. The molecule has 0 fully saturated rings. The van der Waals surface area contributed by atoms with Gasteiger partial charge in [-0.3, -0.25) is 4.79 Å². The van der Waals surface area contributed by atoms with E-state index >= 15 is 0 Å². The molecule has 0 aromatic carbocycles. The molecular weight excluding hydrogens is 170 g/mol. The number of anilines is 1. The second-order valence-corrected chi connectivity index (χ2v) is 2.46. The van der Waals surface area contributed by atoms with Gasteiger partial charge < -0.3 is 10.1 Å². The Morgan fingerprint density at radius 1 is 1.69 bits per heavy atom. The Morgan fingerprint density at radius 2 is 2.54 bits per heavy atom. The Hall–Kier alpha value is -1.36. The highest BCUT2D eigenvalue weighted by Crippen LogP contribution is 1.96. The van der Waals surface area contributed by atoms with Crippen molar-refractivity contribution in [3.63, 3.8) is 0 Å². The van der Waals surface area contributed by atoms with Crippen molar-refractivity contribution >= 4 is 5.69 Å². The van der Waals surface area contributed by atoms with Crippen molar-refractivity contribution in [3.05, 3.63) is 22.6 Å². The molecule has 13 heavy (non-hydrogen) atoms. The number of ether oxygens (including phenoxy) is 1. The largest absolute Gasteiger partial charge is 0.381 e. The molecule has 0 aliphatic rings. The van der Waals surface area contributed by atoms with Crippen LogP contribution in [0.15, 0.2) is 17.1 Å². The Morgan fingerprint density at radius 3 is 3.23 bits per heavy atom. The average Bonchev–Trinajstić information content (AvgIpc) is 2.13. The topological polar surface area (TPSA) is 67.0 Å². The molecule has 0 aliphatic heterocycles. The van der Waals surface area contributed by atoms with Gasteiger partial charge in [-0.05, 0) is 6.92 Å². The van der Waals surface area contributed by atoms with Crippen LogP contribution in [-0.2, 0) is 4.74 Å². The highest BCUT2D eigenvalue weighted by Gasteiger charge is 1.91. The van der Waals surface area contributed by atoms with Crippen LogP contribution in [0.5, 0.6) is 0 Å². The van der Waals surface area contributed by atoms with E-state index in [0.29, 0.717) is 25.4 Å². The summed E-state index contributed by atoms with van der Waals surface area (Å²) in [6.45, 7) is 3.95. The first-order valence-corrected chi connectivity index (χ1v) is 4.19. The molecule has 1 rings (SSSR count). The van der Waals surface area contributed by atoms with Crippen LogP contribution in [0.25, 0.3) is 0 Å². The molecule has 0 saturated heterocycles. The number of H-pyrrole nitrogens is 1. The first-order valence-electron chi connectivity index (χ1n) is 4.19. The predicted octanol–water partition coefficient (Wildman–Crippen LogP) is 0.218. The summed E-state index contributed by atoms with van der Waals surface area (Å²) >= 11 is 0. The minimum absolute atomic E-state index is 0.207. The summed E-state index contributed by atoms with van der Waals surface area (Å²) < 4.78 is 5.12. The van der Waals surface area contributed by atoms with Crippen molar-refractivity contribution in [1.29, 1.82) is 0 Å². The Bertz CT molecular complexity index is 297. The van der Waals surface area contributed by atoms with Crippen molar-refractivity contribution in [2.45, 2.75) is 6.92 Å². The number of hydrogen-bond acceptors (Lipinski definition) is 4. The highest BCUT2D eigenvalue weighted by atomic mass is 16.5. The maximum atomic E-state index is 10.8. The molecule has 0 saturated carbocycles. The van der Waals surface area contributed by atoms with Gasteiger partial charge in [0.15, 0.2) is 0 Å². The van der Waals surface area contributed by atoms with E-state index < -0.39 is 0 Å². The van der Waals surface area contributed by atoms with E-state index in [1.807, 2.05) is 6.92 Å². The number of nitrogens with zero attached hydrogens (tertiary/aromatic N) is 1. The molecular formula is C8H13N3O2. The lowest BCUT2D eigenvalue weighted by atomic mass is 10.4. The molecule has 2 N–H and O–H groups in total. The molecule has 1 heterocycles. The van der Waals surface area contributed by atoms with E-state index in [1.54, 1.807) is 6.20 Å². The third-order valence-corrected chi connectivity index (χ3v) is 1.44. The van der Waals surface area contributed by atoms with Gasteiger partial charge in [0.2, 0.25) is 0 Å². The van der Waals surface area contributed by atoms with E-state index in [2.05, 4.69) is 15.5 Å². The number of hydrogen-bond donors (Lipinski definition) is 2. The van der Waals surface area contributed by atoms with Crippen LogP contribution in [0.1, 0.15) is 6.92 Å². The fourth-order valence-electron chi connectivity index (χ4n) is 0.885. The lowest BCUT2D eigenvalue weighted by Crippen LogP contribution is -2.13. The minimum Gasteiger partial charge on any atom is -0.381 e. The summed E-state index contributed by atoms with van der Waals surface area (Å²) in [5, 5.41) is 8.95. The summed E-state index contributed by atoms with van der Waals surface area (Å²) in [6.07, 6.45) is 1.56. The third-order valence-electron chi connectivity index (χ3n) is 1.44. The Kier molecular flexibility index (Phi) is 3.98. The molecule has 0 aliphatic carbocycles. The second kappa shape index (κ2) is 5.31. The van der Waals surface area contributed by atoms with Gasteiger partial charge in [0, 0.05) is 19.2 Å². The van der Waals surface area contributed by atoms with Crippen LogP contribution < -0.4 is 10.9 Å². The Labute approximate surface area is 76.1 Å². The molecule has 0 bridgehead atoms. The SMILES string of the molecule is CCOCCNc1cn[nH]c(=O)c1. The smallest absolute Gasteiger partial charge is 0.266 e. The van der Waals surface area contributed by atoms with Crippen LogP contribution in [0, 0.1) is 0 Å². The summed E-state index contributed by atoms with van der Waals surface area (Å²) in [5.74, 6) is 0. The molecule has 0 atom stereocenters. The number of aromatic amines is 1. The van der Waals surface area contributed by atoms with Gasteiger partial charge in [0.25, 0.3) is 5.56 Å². The molecule has 0 radical (unpaired) electrons. The summed E-state index contributed by atoms with van der Waals surface area (Å²) in [6, 6.07) is 1.46. The quantitative estimate of drug-likeness (QED) is 0.641. The van der Waals surface area contributed by atoms with Gasteiger partial charge in [0.05, 0.1) is 18.5 Å². The zero-order valence-electron chi connectivity index (χ0n) is 7.54. The number of nitrogens with one attached hydrogen (secondary N) is 2. The highest BCUT2D eigenvalue weighted by molar-refractivity contribution is 5.38. The van der Waals surface area contributed by atoms with Gasteiger partial charge in [-0.15, -0.1) is 0 Å². The molecule has 1 aromatic rings. The van der Waals surface area contributed by atoms with Crippen LogP contribution in [0.4, 0.5) is 5.69 Å². The fraction of sp³-hybridized carbons (Fsp3) is 0.500. The third kappa shape index (κ3) is 3.71. The Balaban J connectivity index is 2.33. The van der Waals surface area contributed by atoms with E-state index in [-0.39, 0.29) is 5.56 Å². The van der Waals surface area contributed by atoms with Crippen LogP contribution in [0.3, 0.4) is 0 Å². The zero-order chi connectivity index (χ0) is 9.52. The van der Waals surface area contributed by atoms with E-state index in [4.69, 9.17) is 4.74 Å². The first-order chi connectivity index (χ1) is 6.33. The maximum Gasteiger partial charge on any atom is 0.266 e. The van der Waals surface area contributed by atoms with Crippen LogP contribution in [-0.4, -0.2) is 30.0 Å². The standard InChI is InChI=1S/C8H13N3O2/c1-2-13-4-3-9-7-5-8(12)11-10-6-7/h5-6H,2-4H2,1H3,(H2,9,11,12). The predicted molar refractivity (Wildman–Crippen MR) is 49.8 cm³/mol. The lowest BCUT2D eigenvalue weighted by Gasteiger charge is -2.04. The number of aromatic nitrogens is 2. The van der Waals surface area contributed by atoms with Crippen molar-refractivity contribution < 1.29 is 4.74 Å². The molecule has 1 aromatic heterocycles. The van der Waals surface area contributed by atoms with Crippen molar-refractivity contribution in [1.82, 2.24) is 10.2 Å². The molecule has 0 amide bonds. The van der Waals surface area contributed by atoms with Crippen molar-refractivity contribution in [3.8, 4) is 0 Å². The molecule has 0 spiro atoms. The van der Waals surface area contributed by atoms with E-state index in [1.165, 1.54) is 6.07 Å².